The Kier molecular flexibility index (Phi) is 2.84. The second kappa shape index (κ2) is 3.46. The van der Waals surface area contributed by atoms with E-state index >= 15 is 0 Å². The molecule has 0 heterocycles. The molecule has 9 heavy (non-hydrogen) atoms. The maximum absolute atomic E-state index is 6.07. The van der Waals surface area contributed by atoms with E-state index < -0.39 is 0 Å². The number of hydrogen-bond donors (Lipinski definition) is 0. The monoisotopic (exact) mass is 146 g/mol. The van der Waals surface area contributed by atoms with Crippen molar-refractivity contribution in [2.45, 2.75) is 44.4 Å². The van der Waals surface area contributed by atoms with E-state index in [0.717, 1.165) is 12.3 Å². The summed E-state index contributed by atoms with van der Waals surface area (Å²) in [6.45, 7) is 2.18. The standard InChI is InChI=1S/C8H15Cl/c1-2-8(9)7-5-3-4-6-7/h7-8H,2-6H2,1H3. The van der Waals surface area contributed by atoms with Crippen LogP contribution in [-0.2, 0) is 0 Å². The Hall–Kier alpha value is 0.290. The SMILES string of the molecule is CCC(Cl)C1CCCC1. The van der Waals surface area contributed by atoms with Gasteiger partial charge in [0.15, 0.2) is 0 Å². The second-order valence-electron chi connectivity index (χ2n) is 2.97. The van der Waals surface area contributed by atoms with Crippen molar-refractivity contribution in [1.29, 1.82) is 0 Å². The van der Waals surface area contributed by atoms with Crippen LogP contribution in [0.4, 0.5) is 0 Å². The predicted molar refractivity (Wildman–Crippen MR) is 41.9 cm³/mol. The lowest BCUT2D eigenvalue weighted by Crippen LogP contribution is -2.08. The van der Waals surface area contributed by atoms with Crippen molar-refractivity contribution in [2.24, 2.45) is 5.92 Å². The first-order valence-corrected chi connectivity index (χ1v) is 4.42. The molecule has 1 heteroatoms. The summed E-state index contributed by atoms with van der Waals surface area (Å²) < 4.78 is 0. The average molecular weight is 147 g/mol. The predicted octanol–water partition coefficient (Wildman–Crippen LogP) is 3.19. The maximum atomic E-state index is 6.07. The fraction of sp³-hybridized carbons (Fsp3) is 1.00. The summed E-state index contributed by atoms with van der Waals surface area (Å²) in [5, 5.41) is 0.465. The molecule has 0 aromatic heterocycles. The summed E-state index contributed by atoms with van der Waals surface area (Å²) in [6, 6.07) is 0. The molecule has 54 valence electrons. The summed E-state index contributed by atoms with van der Waals surface area (Å²) in [5.74, 6) is 0.844. The van der Waals surface area contributed by atoms with Gasteiger partial charge in [0, 0.05) is 5.38 Å². The van der Waals surface area contributed by atoms with Crippen molar-refractivity contribution >= 4 is 11.6 Å². The number of rotatable bonds is 2. The third-order valence-electron chi connectivity index (χ3n) is 2.30. The van der Waals surface area contributed by atoms with Crippen molar-refractivity contribution in [1.82, 2.24) is 0 Å². The van der Waals surface area contributed by atoms with Gasteiger partial charge in [-0.15, -0.1) is 11.6 Å². The second-order valence-corrected chi connectivity index (χ2v) is 3.53. The Morgan fingerprint density at radius 2 is 2.00 bits per heavy atom. The normalized spacial score (nSPS) is 24.7. The Bertz CT molecular complexity index is 74.6. The molecule has 1 saturated carbocycles. The van der Waals surface area contributed by atoms with Crippen molar-refractivity contribution in [2.75, 3.05) is 0 Å². The first-order chi connectivity index (χ1) is 4.34. The molecule has 0 spiro atoms. The smallest absolute Gasteiger partial charge is 0.0361 e. The summed E-state index contributed by atoms with van der Waals surface area (Å²) in [5.41, 5.74) is 0. The molecule has 0 amide bonds. The summed E-state index contributed by atoms with van der Waals surface area (Å²) in [6.07, 6.45) is 6.72. The van der Waals surface area contributed by atoms with E-state index in [9.17, 15) is 0 Å². The lowest BCUT2D eigenvalue weighted by atomic mass is 10.0. The van der Waals surface area contributed by atoms with Gasteiger partial charge in [-0.05, 0) is 25.2 Å². The van der Waals surface area contributed by atoms with Crippen LogP contribution in [0.25, 0.3) is 0 Å². The van der Waals surface area contributed by atoms with Crippen LogP contribution >= 0.6 is 11.6 Å². The molecular weight excluding hydrogens is 132 g/mol. The van der Waals surface area contributed by atoms with Crippen LogP contribution in [-0.4, -0.2) is 5.38 Å². The van der Waals surface area contributed by atoms with Crippen molar-refractivity contribution < 1.29 is 0 Å². The number of halogens is 1. The minimum Gasteiger partial charge on any atom is -0.123 e. The fourth-order valence-corrected chi connectivity index (χ4v) is 1.90. The van der Waals surface area contributed by atoms with Crippen LogP contribution in [0.2, 0.25) is 0 Å². The van der Waals surface area contributed by atoms with Crippen LogP contribution in [0.15, 0.2) is 0 Å². The van der Waals surface area contributed by atoms with Gasteiger partial charge in [-0.2, -0.15) is 0 Å². The number of hydrogen-bond acceptors (Lipinski definition) is 0. The molecule has 1 unspecified atom stereocenters. The van der Waals surface area contributed by atoms with E-state index in [4.69, 9.17) is 11.6 Å². The Balaban J connectivity index is 2.24. The van der Waals surface area contributed by atoms with Gasteiger partial charge in [-0.25, -0.2) is 0 Å². The van der Waals surface area contributed by atoms with Gasteiger partial charge in [0.2, 0.25) is 0 Å². The molecule has 1 fully saturated rings. The summed E-state index contributed by atoms with van der Waals surface area (Å²) in [7, 11) is 0. The molecule has 0 radical (unpaired) electrons. The molecule has 1 rings (SSSR count). The minimum atomic E-state index is 0.465. The zero-order valence-electron chi connectivity index (χ0n) is 6.07. The van der Waals surface area contributed by atoms with E-state index in [1.807, 2.05) is 0 Å². The van der Waals surface area contributed by atoms with Crippen molar-refractivity contribution in [3.63, 3.8) is 0 Å². The summed E-state index contributed by atoms with van der Waals surface area (Å²) >= 11 is 6.07. The van der Waals surface area contributed by atoms with Crippen molar-refractivity contribution in [3.05, 3.63) is 0 Å². The molecule has 1 atom stereocenters. The van der Waals surface area contributed by atoms with E-state index in [0.29, 0.717) is 5.38 Å². The quantitative estimate of drug-likeness (QED) is 0.525. The first kappa shape index (κ1) is 7.40. The first-order valence-electron chi connectivity index (χ1n) is 3.98. The van der Waals surface area contributed by atoms with Crippen LogP contribution in [0.3, 0.4) is 0 Å². The number of alkyl halides is 1. The van der Waals surface area contributed by atoms with Crippen LogP contribution in [0, 0.1) is 5.92 Å². The third kappa shape index (κ3) is 1.86. The van der Waals surface area contributed by atoms with E-state index in [-0.39, 0.29) is 0 Å². The van der Waals surface area contributed by atoms with E-state index in [1.54, 1.807) is 0 Å². The lowest BCUT2D eigenvalue weighted by molar-refractivity contribution is 0.505. The molecule has 0 saturated heterocycles. The van der Waals surface area contributed by atoms with Gasteiger partial charge < -0.3 is 0 Å². The molecule has 0 aliphatic heterocycles. The molecule has 0 nitrogen and oxygen atoms in total. The van der Waals surface area contributed by atoms with Gasteiger partial charge in [0.1, 0.15) is 0 Å². The highest BCUT2D eigenvalue weighted by atomic mass is 35.5. The zero-order valence-corrected chi connectivity index (χ0v) is 6.82. The molecule has 1 aliphatic carbocycles. The van der Waals surface area contributed by atoms with Gasteiger partial charge in [-0.1, -0.05) is 19.8 Å². The highest BCUT2D eigenvalue weighted by Crippen LogP contribution is 2.31. The fourth-order valence-electron chi connectivity index (χ4n) is 1.65. The Morgan fingerprint density at radius 1 is 1.44 bits per heavy atom. The Morgan fingerprint density at radius 3 is 2.44 bits per heavy atom. The molecule has 0 aromatic rings. The van der Waals surface area contributed by atoms with Crippen molar-refractivity contribution in [3.8, 4) is 0 Å². The van der Waals surface area contributed by atoms with Crippen LogP contribution in [0.5, 0.6) is 0 Å². The zero-order chi connectivity index (χ0) is 6.69. The lowest BCUT2D eigenvalue weighted by Gasteiger charge is -2.13. The largest absolute Gasteiger partial charge is 0.123 e. The van der Waals surface area contributed by atoms with E-state index in [1.165, 1.54) is 25.7 Å². The molecule has 0 N–H and O–H groups in total. The van der Waals surface area contributed by atoms with Gasteiger partial charge in [0.05, 0.1) is 0 Å². The third-order valence-corrected chi connectivity index (χ3v) is 2.97. The topological polar surface area (TPSA) is 0 Å². The molecular formula is C8H15Cl. The van der Waals surface area contributed by atoms with E-state index in [2.05, 4.69) is 6.92 Å². The Labute approximate surface area is 62.6 Å². The molecule has 0 bridgehead atoms. The average Bonchev–Trinajstić information content (AvgIpc) is 2.37. The van der Waals surface area contributed by atoms with Gasteiger partial charge in [0.25, 0.3) is 0 Å². The van der Waals surface area contributed by atoms with Gasteiger partial charge in [-0.3, -0.25) is 0 Å². The minimum absolute atomic E-state index is 0.465. The molecule has 0 aromatic carbocycles. The molecule has 1 aliphatic rings. The highest BCUT2D eigenvalue weighted by Gasteiger charge is 2.21. The van der Waals surface area contributed by atoms with Crippen LogP contribution in [0.1, 0.15) is 39.0 Å². The maximum Gasteiger partial charge on any atom is 0.0361 e. The van der Waals surface area contributed by atoms with Gasteiger partial charge >= 0.3 is 0 Å². The highest BCUT2D eigenvalue weighted by molar-refractivity contribution is 6.20. The summed E-state index contributed by atoms with van der Waals surface area (Å²) in [4.78, 5) is 0. The van der Waals surface area contributed by atoms with Crippen LogP contribution < -0.4 is 0 Å².